The van der Waals surface area contributed by atoms with E-state index >= 15 is 0 Å². The zero-order valence-electron chi connectivity index (χ0n) is 11.0. The Morgan fingerprint density at radius 3 is 2.62 bits per heavy atom. The lowest BCUT2D eigenvalue weighted by Gasteiger charge is -2.05. The summed E-state index contributed by atoms with van der Waals surface area (Å²) in [5.41, 5.74) is 2.37. The first-order valence-electron chi connectivity index (χ1n) is 6.55. The molecule has 0 saturated carbocycles. The fraction of sp³-hybridized carbons (Fsp3) is 0. The Labute approximate surface area is 119 Å². The second-order valence-electron chi connectivity index (χ2n) is 4.70. The third-order valence-corrected chi connectivity index (χ3v) is 3.43. The predicted octanol–water partition coefficient (Wildman–Crippen LogP) is 3.40. The van der Waals surface area contributed by atoms with Crippen LogP contribution in [0.4, 0.5) is 0 Å². The molecule has 0 aliphatic rings. The van der Waals surface area contributed by atoms with Crippen molar-refractivity contribution in [1.82, 2.24) is 9.97 Å². The van der Waals surface area contributed by atoms with E-state index in [2.05, 4.69) is 9.97 Å². The lowest BCUT2D eigenvalue weighted by atomic mass is 10.1. The molecule has 0 saturated heterocycles. The number of hydrogen-bond donors (Lipinski definition) is 0. The molecule has 1 aromatic carbocycles. The second kappa shape index (κ2) is 4.52. The SMILES string of the molecule is O=c1c2ccccc2oc2cncc(-c3ccccn3)c12. The van der Waals surface area contributed by atoms with Gasteiger partial charge < -0.3 is 4.42 Å². The molecule has 0 amide bonds. The molecule has 0 radical (unpaired) electrons. The van der Waals surface area contributed by atoms with Gasteiger partial charge in [0, 0.05) is 18.0 Å². The number of benzene rings is 1. The zero-order valence-corrected chi connectivity index (χ0v) is 11.0. The quantitative estimate of drug-likeness (QED) is 0.499. The third-order valence-electron chi connectivity index (χ3n) is 3.43. The third kappa shape index (κ3) is 1.80. The van der Waals surface area contributed by atoms with E-state index in [1.807, 2.05) is 30.3 Å². The molecule has 3 aromatic heterocycles. The number of aromatic nitrogens is 2. The Morgan fingerprint density at radius 1 is 0.905 bits per heavy atom. The Morgan fingerprint density at radius 2 is 1.76 bits per heavy atom. The number of rotatable bonds is 1. The first-order chi connectivity index (χ1) is 10.3. The smallest absolute Gasteiger partial charge is 0.201 e. The summed E-state index contributed by atoms with van der Waals surface area (Å²) in [6, 6.07) is 12.8. The summed E-state index contributed by atoms with van der Waals surface area (Å²) < 4.78 is 5.80. The number of para-hydroxylation sites is 1. The van der Waals surface area contributed by atoms with Gasteiger partial charge >= 0.3 is 0 Å². The van der Waals surface area contributed by atoms with Gasteiger partial charge in [0.2, 0.25) is 5.43 Å². The minimum Gasteiger partial charge on any atom is -0.454 e. The van der Waals surface area contributed by atoms with E-state index in [0.29, 0.717) is 33.2 Å². The second-order valence-corrected chi connectivity index (χ2v) is 4.70. The highest BCUT2D eigenvalue weighted by Gasteiger charge is 2.13. The predicted molar refractivity (Wildman–Crippen MR) is 81.0 cm³/mol. The summed E-state index contributed by atoms with van der Waals surface area (Å²) in [7, 11) is 0. The molecule has 4 heteroatoms. The Balaban J connectivity index is 2.19. The van der Waals surface area contributed by atoms with Gasteiger partial charge in [0.1, 0.15) is 5.58 Å². The van der Waals surface area contributed by atoms with Crippen LogP contribution in [-0.4, -0.2) is 9.97 Å². The van der Waals surface area contributed by atoms with Gasteiger partial charge in [-0.3, -0.25) is 14.8 Å². The van der Waals surface area contributed by atoms with Crippen molar-refractivity contribution in [3.63, 3.8) is 0 Å². The molecule has 21 heavy (non-hydrogen) atoms. The van der Waals surface area contributed by atoms with Crippen LogP contribution in [-0.2, 0) is 0 Å². The highest BCUT2D eigenvalue weighted by Crippen LogP contribution is 2.26. The fourth-order valence-corrected chi connectivity index (χ4v) is 2.47. The molecule has 3 heterocycles. The normalized spacial score (nSPS) is 11.0. The summed E-state index contributed by atoms with van der Waals surface area (Å²) in [5.74, 6) is 0. The number of fused-ring (bicyclic) bond motifs is 2. The van der Waals surface area contributed by atoms with Gasteiger partial charge in [-0.25, -0.2) is 0 Å². The Hall–Kier alpha value is -3.01. The molecule has 0 atom stereocenters. The largest absolute Gasteiger partial charge is 0.454 e. The van der Waals surface area contributed by atoms with Crippen LogP contribution in [0.15, 0.2) is 70.3 Å². The van der Waals surface area contributed by atoms with Crippen LogP contribution >= 0.6 is 0 Å². The highest BCUT2D eigenvalue weighted by molar-refractivity contribution is 5.97. The molecule has 0 aliphatic carbocycles. The molecule has 0 spiro atoms. The van der Waals surface area contributed by atoms with Crippen molar-refractivity contribution in [2.45, 2.75) is 0 Å². The molecule has 4 rings (SSSR count). The van der Waals surface area contributed by atoms with E-state index in [0.717, 1.165) is 0 Å². The first-order valence-corrected chi connectivity index (χ1v) is 6.55. The van der Waals surface area contributed by atoms with E-state index in [4.69, 9.17) is 4.42 Å². The summed E-state index contributed by atoms with van der Waals surface area (Å²) in [6.07, 6.45) is 4.91. The average Bonchev–Trinajstić information content (AvgIpc) is 2.55. The van der Waals surface area contributed by atoms with Crippen LogP contribution in [0.1, 0.15) is 0 Å². The van der Waals surface area contributed by atoms with E-state index in [1.165, 1.54) is 0 Å². The maximum absolute atomic E-state index is 12.8. The van der Waals surface area contributed by atoms with E-state index in [1.54, 1.807) is 30.7 Å². The van der Waals surface area contributed by atoms with E-state index in [-0.39, 0.29) is 5.43 Å². The van der Waals surface area contributed by atoms with Crippen LogP contribution in [0.25, 0.3) is 33.2 Å². The Kier molecular flexibility index (Phi) is 2.54. The molecule has 100 valence electrons. The number of pyridine rings is 2. The maximum Gasteiger partial charge on any atom is 0.201 e. The minimum absolute atomic E-state index is 0.0603. The lowest BCUT2D eigenvalue weighted by molar-refractivity contribution is 0.658. The van der Waals surface area contributed by atoms with Crippen molar-refractivity contribution in [3.05, 3.63) is 71.3 Å². The topological polar surface area (TPSA) is 56.0 Å². The van der Waals surface area contributed by atoms with Gasteiger partial charge in [-0.2, -0.15) is 0 Å². The minimum atomic E-state index is -0.0603. The molecule has 0 N–H and O–H groups in total. The van der Waals surface area contributed by atoms with Gasteiger partial charge in [-0.1, -0.05) is 18.2 Å². The molecule has 0 unspecified atom stereocenters. The van der Waals surface area contributed by atoms with E-state index < -0.39 is 0 Å². The van der Waals surface area contributed by atoms with Crippen molar-refractivity contribution >= 4 is 21.9 Å². The standard InChI is InChI=1S/C17H10N2O2/c20-17-11-5-1-2-7-14(11)21-15-10-18-9-12(16(15)17)13-6-3-4-8-19-13/h1-10H. The lowest BCUT2D eigenvalue weighted by Crippen LogP contribution is -2.04. The summed E-state index contributed by atoms with van der Waals surface area (Å²) in [6.45, 7) is 0. The number of hydrogen-bond acceptors (Lipinski definition) is 4. The van der Waals surface area contributed by atoms with Gasteiger partial charge in [0.15, 0.2) is 5.58 Å². The molecule has 0 bridgehead atoms. The van der Waals surface area contributed by atoms with Crippen molar-refractivity contribution in [1.29, 1.82) is 0 Å². The Bertz CT molecular complexity index is 1010. The molecule has 4 aromatic rings. The average molecular weight is 274 g/mol. The molecule has 0 fully saturated rings. The van der Waals surface area contributed by atoms with Crippen LogP contribution in [0.5, 0.6) is 0 Å². The van der Waals surface area contributed by atoms with Crippen LogP contribution in [0.2, 0.25) is 0 Å². The van der Waals surface area contributed by atoms with Gasteiger partial charge in [-0.05, 0) is 24.3 Å². The maximum atomic E-state index is 12.8. The summed E-state index contributed by atoms with van der Waals surface area (Å²) >= 11 is 0. The van der Waals surface area contributed by atoms with Crippen molar-refractivity contribution in [2.75, 3.05) is 0 Å². The molecule has 4 nitrogen and oxygen atoms in total. The summed E-state index contributed by atoms with van der Waals surface area (Å²) in [4.78, 5) is 21.2. The molecule has 0 aliphatic heterocycles. The highest BCUT2D eigenvalue weighted by atomic mass is 16.3. The van der Waals surface area contributed by atoms with Crippen molar-refractivity contribution < 1.29 is 4.42 Å². The van der Waals surface area contributed by atoms with Crippen molar-refractivity contribution in [3.8, 4) is 11.3 Å². The van der Waals surface area contributed by atoms with Crippen LogP contribution < -0.4 is 5.43 Å². The van der Waals surface area contributed by atoms with Crippen molar-refractivity contribution in [2.24, 2.45) is 0 Å². The van der Waals surface area contributed by atoms with Crippen LogP contribution in [0, 0.1) is 0 Å². The monoisotopic (exact) mass is 274 g/mol. The van der Waals surface area contributed by atoms with Gasteiger partial charge in [0.25, 0.3) is 0 Å². The number of nitrogens with zero attached hydrogens (tertiary/aromatic N) is 2. The zero-order chi connectivity index (χ0) is 14.2. The van der Waals surface area contributed by atoms with Gasteiger partial charge in [0.05, 0.1) is 22.7 Å². The van der Waals surface area contributed by atoms with Gasteiger partial charge in [-0.15, -0.1) is 0 Å². The molecular formula is C17H10N2O2. The van der Waals surface area contributed by atoms with E-state index in [9.17, 15) is 4.79 Å². The fourth-order valence-electron chi connectivity index (χ4n) is 2.47. The first kappa shape index (κ1) is 11.8. The van der Waals surface area contributed by atoms with Crippen LogP contribution in [0.3, 0.4) is 0 Å². The molecular weight excluding hydrogens is 264 g/mol. The summed E-state index contributed by atoms with van der Waals surface area (Å²) in [5, 5.41) is 1.08.